The molecule has 1 saturated heterocycles. The highest BCUT2D eigenvalue weighted by atomic mass is 32.2. The molecule has 0 atom stereocenters. The van der Waals surface area contributed by atoms with Gasteiger partial charge in [-0.3, -0.25) is 14.5 Å². The number of unbranched alkanes of at least 4 members (excludes halogenated alkanes) is 2. The lowest BCUT2D eigenvalue weighted by molar-refractivity contribution is -0.122. The molecule has 0 unspecified atom stereocenters. The summed E-state index contributed by atoms with van der Waals surface area (Å²) in [7, 11) is 1.33. The van der Waals surface area contributed by atoms with Gasteiger partial charge >= 0.3 is 5.97 Å². The van der Waals surface area contributed by atoms with Gasteiger partial charge in [0.15, 0.2) is 5.13 Å². The van der Waals surface area contributed by atoms with Crippen molar-refractivity contribution in [2.24, 2.45) is 0 Å². The maximum atomic E-state index is 12.7. The molecule has 1 aromatic carbocycles. The third-order valence-electron chi connectivity index (χ3n) is 4.47. The van der Waals surface area contributed by atoms with Crippen LogP contribution in [0.4, 0.5) is 5.13 Å². The predicted octanol–water partition coefficient (Wildman–Crippen LogP) is 4.33. The van der Waals surface area contributed by atoms with E-state index in [4.69, 9.17) is 12.2 Å². The van der Waals surface area contributed by atoms with Crippen molar-refractivity contribution in [3.8, 4) is 0 Å². The number of carbonyl (C=O) groups is 3. The summed E-state index contributed by atoms with van der Waals surface area (Å²) in [6.07, 6.45) is 6.14. The van der Waals surface area contributed by atoms with Crippen LogP contribution in [-0.4, -0.2) is 45.6 Å². The normalized spacial score (nSPS) is 14.9. The Kier molecular flexibility index (Phi) is 8.33. The van der Waals surface area contributed by atoms with Crippen LogP contribution in [0.5, 0.6) is 0 Å². The van der Waals surface area contributed by atoms with Crippen LogP contribution in [0.1, 0.15) is 41.6 Å². The van der Waals surface area contributed by atoms with E-state index in [1.54, 1.807) is 41.4 Å². The van der Waals surface area contributed by atoms with Crippen molar-refractivity contribution in [3.63, 3.8) is 0 Å². The van der Waals surface area contributed by atoms with E-state index in [0.717, 1.165) is 24.8 Å². The molecule has 0 aliphatic carbocycles. The first-order valence-electron chi connectivity index (χ1n) is 9.61. The minimum absolute atomic E-state index is 0.0540. The van der Waals surface area contributed by atoms with Gasteiger partial charge in [0.25, 0.3) is 5.91 Å². The number of aromatic nitrogens is 1. The van der Waals surface area contributed by atoms with Gasteiger partial charge in [-0.15, -0.1) is 11.3 Å². The SMILES string of the molecule is COC(=O)c1ccc(C=C2SC(=S)N(CCCCCC(=O)Nc3nccs3)C2=O)cc1. The number of esters is 1. The number of anilines is 1. The third-order valence-corrected chi connectivity index (χ3v) is 6.53. The van der Waals surface area contributed by atoms with Gasteiger partial charge in [-0.05, 0) is 36.6 Å². The molecule has 162 valence electrons. The minimum atomic E-state index is -0.404. The molecule has 1 aromatic heterocycles. The zero-order valence-corrected chi connectivity index (χ0v) is 19.3. The van der Waals surface area contributed by atoms with Crippen molar-refractivity contribution in [1.82, 2.24) is 9.88 Å². The lowest BCUT2D eigenvalue weighted by atomic mass is 10.1. The summed E-state index contributed by atoms with van der Waals surface area (Å²) in [6, 6.07) is 6.83. The molecule has 1 aliphatic rings. The molecule has 0 radical (unpaired) electrons. The van der Waals surface area contributed by atoms with Crippen LogP contribution in [-0.2, 0) is 14.3 Å². The average Bonchev–Trinajstić information content (AvgIpc) is 3.36. The molecule has 31 heavy (non-hydrogen) atoms. The molecule has 7 nitrogen and oxygen atoms in total. The van der Waals surface area contributed by atoms with E-state index in [1.807, 2.05) is 5.38 Å². The zero-order valence-electron chi connectivity index (χ0n) is 16.8. The van der Waals surface area contributed by atoms with Crippen molar-refractivity contribution in [2.45, 2.75) is 25.7 Å². The second kappa shape index (κ2) is 11.2. The van der Waals surface area contributed by atoms with Crippen LogP contribution >= 0.6 is 35.3 Å². The van der Waals surface area contributed by atoms with Gasteiger partial charge in [-0.2, -0.15) is 0 Å². The number of hydrogen-bond acceptors (Lipinski definition) is 8. The summed E-state index contributed by atoms with van der Waals surface area (Å²) in [5.41, 5.74) is 1.26. The smallest absolute Gasteiger partial charge is 0.337 e. The topological polar surface area (TPSA) is 88.6 Å². The van der Waals surface area contributed by atoms with Gasteiger partial charge in [0.05, 0.1) is 17.6 Å². The average molecular weight is 476 g/mol. The second-order valence-electron chi connectivity index (χ2n) is 6.64. The van der Waals surface area contributed by atoms with Crippen LogP contribution in [0.2, 0.25) is 0 Å². The Morgan fingerprint density at radius 2 is 2.00 bits per heavy atom. The standard InChI is InChI=1S/C21H21N3O4S3/c1-28-19(27)15-8-6-14(7-9-15)13-16-18(26)24(21(29)31-16)11-4-2-3-5-17(25)23-20-22-10-12-30-20/h6-10,12-13H,2-5,11H2,1H3,(H,22,23,25). The molecule has 2 heterocycles. The van der Waals surface area contributed by atoms with Gasteiger partial charge in [-0.1, -0.05) is 42.5 Å². The molecule has 0 bridgehead atoms. The maximum Gasteiger partial charge on any atom is 0.337 e. The summed E-state index contributed by atoms with van der Waals surface area (Å²) in [5, 5.41) is 5.17. The van der Waals surface area contributed by atoms with Gasteiger partial charge < -0.3 is 10.1 Å². The lowest BCUT2D eigenvalue weighted by Crippen LogP contribution is -2.29. The van der Waals surface area contributed by atoms with Crippen LogP contribution in [0.15, 0.2) is 40.7 Å². The highest BCUT2D eigenvalue weighted by Gasteiger charge is 2.31. The summed E-state index contributed by atoms with van der Waals surface area (Å²) >= 11 is 8.02. The summed E-state index contributed by atoms with van der Waals surface area (Å²) in [4.78, 5) is 42.3. The molecule has 0 spiro atoms. The van der Waals surface area contributed by atoms with E-state index in [9.17, 15) is 14.4 Å². The summed E-state index contributed by atoms with van der Waals surface area (Å²) in [6.45, 7) is 0.525. The number of thiocarbonyl (C=S) groups is 1. The van der Waals surface area contributed by atoms with E-state index < -0.39 is 5.97 Å². The van der Waals surface area contributed by atoms with Crippen LogP contribution in [0.25, 0.3) is 6.08 Å². The minimum Gasteiger partial charge on any atom is -0.465 e. The molecule has 1 fully saturated rings. The molecule has 1 N–H and O–H groups in total. The molecule has 1 aliphatic heterocycles. The first kappa shape index (κ1) is 23.1. The number of nitrogens with one attached hydrogen (secondary N) is 1. The predicted molar refractivity (Wildman–Crippen MR) is 127 cm³/mol. The summed E-state index contributed by atoms with van der Waals surface area (Å²) in [5.74, 6) is -0.575. The first-order valence-corrected chi connectivity index (χ1v) is 11.7. The Balaban J connectivity index is 1.45. The number of methoxy groups -OCH3 is 1. The Bertz CT molecular complexity index is 988. The maximum absolute atomic E-state index is 12.7. The molecule has 3 rings (SSSR count). The van der Waals surface area contributed by atoms with Crippen molar-refractivity contribution in [3.05, 3.63) is 51.9 Å². The number of benzene rings is 1. The number of amides is 2. The number of hydrogen-bond donors (Lipinski definition) is 1. The van der Waals surface area contributed by atoms with Crippen molar-refractivity contribution >= 4 is 68.6 Å². The zero-order chi connectivity index (χ0) is 22.2. The lowest BCUT2D eigenvalue weighted by Gasteiger charge is -2.14. The fraction of sp³-hybridized carbons (Fsp3) is 0.286. The van der Waals surface area contributed by atoms with E-state index in [2.05, 4.69) is 15.0 Å². The molecular formula is C21H21N3O4S3. The number of thioether (sulfide) groups is 1. The van der Waals surface area contributed by atoms with Gasteiger partial charge in [0.2, 0.25) is 5.91 Å². The number of carbonyl (C=O) groups excluding carboxylic acids is 3. The number of rotatable bonds is 9. The van der Waals surface area contributed by atoms with E-state index in [-0.39, 0.29) is 11.8 Å². The molecule has 10 heteroatoms. The highest BCUT2D eigenvalue weighted by Crippen LogP contribution is 2.32. The number of thiazole rings is 1. The monoisotopic (exact) mass is 475 g/mol. The fourth-order valence-electron chi connectivity index (χ4n) is 2.88. The molecule has 0 saturated carbocycles. The number of nitrogens with zero attached hydrogens (tertiary/aromatic N) is 2. The van der Waals surface area contributed by atoms with Gasteiger partial charge in [0.1, 0.15) is 4.32 Å². The van der Waals surface area contributed by atoms with Gasteiger partial charge in [-0.25, -0.2) is 9.78 Å². The second-order valence-corrected chi connectivity index (χ2v) is 9.21. The Morgan fingerprint density at radius 1 is 1.23 bits per heavy atom. The Labute approximate surface area is 193 Å². The Hall–Kier alpha value is -2.56. The van der Waals surface area contributed by atoms with E-state index in [0.29, 0.717) is 32.9 Å². The molecule has 2 amide bonds. The van der Waals surface area contributed by atoms with E-state index >= 15 is 0 Å². The summed E-state index contributed by atoms with van der Waals surface area (Å²) < 4.78 is 5.22. The van der Waals surface area contributed by atoms with Crippen LogP contribution in [0, 0.1) is 0 Å². The van der Waals surface area contributed by atoms with Crippen LogP contribution in [0.3, 0.4) is 0 Å². The molecular weight excluding hydrogens is 454 g/mol. The first-order chi connectivity index (χ1) is 15.0. The van der Waals surface area contributed by atoms with Crippen LogP contribution < -0.4 is 5.32 Å². The fourth-order valence-corrected chi connectivity index (χ4v) is 4.73. The van der Waals surface area contributed by atoms with E-state index in [1.165, 1.54) is 30.2 Å². The van der Waals surface area contributed by atoms with Crippen molar-refractivity contribution < 1.29 is 19.1 Å². The van der Waals surface area contributed by atoms with Crippen molar-refractivity contribution in [2.75, 3.05) is 19.0 Å². The number of ether oxygens (including phenoxy) is 1. The largest absolute Gasteiger partial charge is 0.465 e. The highest BCUT2D eigenvalue weighted by molar-refractivity contribution is 8.26. The molecule has 2 aromatic rings. The third kappa shape index (κ3) is 6.46. The van der Waals surface area contributed by atoms with Gasteiger partial charge in [0, 0.05) is 24.5 Å². The van der Waals surface area contributed by atoms with Crippen molar-refractivity contribution in [1.29, 1.82) is 0 Å². The Morgan fingerprint density at radius 3 is 2.68 bits per heavy atom. The quantitative estimate of drug-likeness (QED) is 0.250.